The van der Waals surface area contributed by atoms with Crippen LogP contribution < -0.4 is 10.1 Å². The van der Waals surface area contributed by atoms with E-state index in [0.717, 1.165) is 25.4 Å². The molecule has 1 aromatic heterocycles. The molecule has 0 saturated heterocycles. The van der Waals surface area contributed by atoms with Crippen molar-refractivity contribution in [2.45, 2.75) is 19.6 Å². The summed E-state index contributed by atoms with van der Waals surface area (Å²) in [5, 5.41) is 4.89. The van der Waals surface area contributed by atoms with E-state index in [2.05, 4.69) is 82.8 Å². The van der Waals surface area contributed by atoms with Crippen molar-refractivity contribution >= 4 is 10.9 Å². The van der Waals surface area contributed by atoms with Crippen molar-refractivity contribution in [3.05, 3.63) is 102 Å². The Bertz CT molecular complexity index is 1000. The van der Waals surface area contributed by atoms with Crippen molar-refractivity contribution < 1.29 is 4.74 Å². The molecule has 27 heavy (non-hydrogen) atoms. The minimum absolute atomic E-state index is 0.836. The van der Waals surface area contributed by atoms with Crippen LogP contribution in [0.25, 0.3) is 10.9 Å². The third-order valence-corrected chi connectivity index (χ3v) is 4.87. The SMILES string of the molecule is COc1ccc(CNCc2cn(Cc3ccccc3)c3ccccc23)cc1. The Balaban J connectivity index is 1.49. The number of methoxy groups -OCH3 is 1. The number of benzene rings is 3. The van der Waals surface area contributed by atoms with Crippen molar-refractivity contribution in [1.82, 2.24) is 9.88 Å². The van der Waals surface area contributed by atoms with E-state index in [0.29, 0.717) is 0 Å². The number of rotatable bonds is 7. The molecule has 3 nitrogen and oxygen atoms in total. The van der Waals surface area contributed by atoms with Gasteiger partial charge in [-0.1, -0.05) is 60.7 Å². The van der Waals surface area contributed by atoms with Crippen LogP contribution in [0.4, 0.5) is 0 Å². The summed E-state index contributed by atoms with van der Waals surface area (Å²) >= 11 is 0. The highest BCUT2D eigenvalue weighted by Gasteiger charge is 2.08. The van der Waals surface area contributed by atoms with E-state index in [9.17, 15) is 0 Å². The van der Waals surface area contributed by atoms with Crippen LogP contribution in [0.1, 0.15) is 16.7 Å². The first-order valence-electron chi connectivity index (χ1n) is 9.28. The second-order valence-electron chi connectivity index (χ2n) is 6.74. The zero-order valence-electron chi connectivity index (χ0n) is 15.6. The molecule has 4 rings (SSSR count). The van der Waals surface area contributed by atoms with Crippen molar-refractivity contribution in [2.24, 2.45) is 0 Å². The summed E-state index contributed by atoms with van der Waals surface area (Å²) in [5.41, 5.74) is 5.18. The van der Waals surface area contributed by atoms with E-state index in [4.69, 9.17) is 4.74 Å². The molecule has 0 aliphatic heterocycles. The number of hydrogen-bond donors (Lipinski definition) is 1. The number of aromatic nitrogens is 1. The molecule has 0 atom stereocenters. The van der Waals surface area contributed by atoms with Gasteiger partial charge in [-0.05, 0) is 34.9 Å². The highest BCUT2D eigenvalue weighted by molar-refractivity contribution is 5.84. The third-order valence-electron chi connectivity index (χ3n) is 4.87. The topological polar surface area (TPSA) is 26.2 Å². The number of para-hydroxylation sites is 1. The molecule has 0 unspecified atom stereocenters. The van der Waals surface area contributed by atoms with Gasteiger partial charge in [-0.15, -0.1) is 0 Å². The van der Waals surface area contributed by atoms with Gasteiger partial charge in [-0.25, -0.2) is 0 Å². The maximum atomic E-state index is 5.22. The zero-order chi connectivity index (χ0) is 18.5. The highest BCUT2D eigenvalue weighted by Crippen LogP contribution is 2.22. The number of nitrogens with zero attached hydrogens (tertiary/aromatic N) is 1. The molecule has 0 aliphatic rings. The predicted molar refractivity (Wildman–Crippen MR) is 111 cm³/mol. The first-order chi connectivity index (χ1) is 13.3. The zero-order valence-corrected chi connectivity index (χ0v) is 15.6. The minimum Gasteiger partial charge on any atom is -0.497 e. The molecule has 0 saturated carbocycles. The van der Waals surface area contributed by atoms with E-state index in [1.54, 1.807) is 7.11 Å². The van der Waals surface area contributed by atoms with Gasteiger partial charge in [0.1, 0.15) is 5.75 Å². The van der Waals surface area contributed by atoms with Crippen molar-refractivity contribution in [1.29, 1.82) is 0 Å². The van der Waals surface area contributed by atoms with E-state index in [1.807, 2.05) is 12.1 Å². The van der Waals surface area contributed by atoms with E-state index >= 15 is 0 Å². The molecule has 0 aliphatic carbocycles. The summed E-state index contributed by atoms with van der Waals surface area (Å²) in [5.74, 6) is 0.891. The average Bonchev–Trinajstić information content (AvgIpc) is 3.07. The van der Waals surface area contributed by atoms with Gasteiger partial charge >= 0.3 is 0 Å². The Morgan fingerprint density at radius 1 is 0.778 bits per heavy atom. The molecule has 136 valence electrons. The van der Waals surface area contributed by atoms with Gasteiger partial charge in [0.05, 0.1) is 7.11 Å². The summed E-state index contributed by atoms with van der Waals surface area (Å²) in [6.45, 7) is 2.57. The molecule has 1 heterocycles. The number of fused-ring (bicyclic) bond motifs is 1. The Morgan fingerprint density at radius 3 is 2.30 bits per heavy atom. The average molecular weight is 356 g/mol. The Kier molecular flexibility index (Phi) is 5.22. The molecular weight excluding hydrogens is 332 g/mol. The largest absolute Gasteiger partial charge is 0.497 e. The lowest BCUT2D eigenvalue weighted by atomic mass is 10.1. The lowest BCUT2D eigenvalue weighted by Crippen LogP contribution is -2.12. The fourth-order valence-electron chi connectivity index (χ4n) is 3.46. The van der Waals surface area contributed by atoms with E-state index in [-0.39, 0.29) is 0 Å². The third kappa shape index (κ3) is 4.04. The molecule has 0 spiro atoms. The van der Waals surface area contributed by atoms with Crippen LogP contribution in [-0.4, -0.2) is 11.7 Å². The molecule has 4 aromatic rings. The Morgan fingerprint density at radius 2 is 1.52 bits per heavy atom. The number of hydrogen-bond acceptors (Lipinski definition) is 2. The van der Waals surface area contributed by atoms with Crippen molar-refractivity contribution in [3.63, 3.8) is 0 Å². The molecule has 0 amide bonds. The number of ether oxygens (including phenoxy) is 1. The summed E-state index contributed by atoms with van der Waals surface area (Å²) < 4.78 is 7.56. The van der Waals surface area contributed by atoms with Gasteiger partial charge in [-0.3, -0.25) is 0 Å². The van der Waals surface area contributed by atoms with Gasteiger partial charge in [0, 0.05) is 36.7 Å². The van der Waals surface area contributed by atoms with Crippen LogP contribution in [0.15, 0.2) is 85.1 Å². The van der Waals surface area contributed by atoms with Crippen LogP contribution in [0.2, 0.25) is 0 Å². The summed E-state index contributed by atoms with van der Waals surface area (Å²) in [6, 6.07) is 27.4. The lowest BCUT2D eigenvalue weighted by molar-refractivity contribution is 0.414. The maximum Gasteiger partial charge on any atom is 0.118 e. The quantitative estimate of drug-likeness (QED) is 0.505. The van der Waals surface area contributed by atoms with Crippen LogP contribution in [0.3, 0.4) is 0 Å². The van der Waals surface area contributed by atoms with Gasteiger partial charge < -0.3 is 14.6 Å². The molecular formula is C24H24N2O. The monoisotopic (exact) mass is 356 g/mol. The van der Waals surface area contributed by atoms with Gasteiger partial charge in [0.2, 0.25) is 0 Å². The minimum atomic E-state index is 0.836. The fraction of sp³-hybridized carbons (Fsp3) is 0.167. The molecule has 0 fully saturated rings. The molecule has 3 aromatic carbocycles. The molecule has 0 radical (unpaired) electrons. The highest BCUT2D eigenvalue weighted by atomic mass is 16.5. The Labute approximate surface area is 160 Å². The maximum absolute atomic E-state index is 5.22. The van der Waals surface area contributed by atoms with Gasteiger partial charge in [0.15, 0.2) is 0 Å². The van der Waals surface area contributed by atoms with Crippen LogP contribution in [-0.2, 0) is 19.6 Å². The summed E-state index contributed by atoms with van der Waals surface area (Å²) in [4.78, 5) is 0. The summed E-state index contributed by atoms with van der Waals surface area (Å²) in [7, 11) is 1.69. The molecule has 3 heteroatoms. The first kappa shape index (κ1) is 17.4. The molecule has 0 bridgehead atoms. The van der Waals surface area contributed by atoms with Crippen LogP contribution >= 0.6 is 0 Å². The van der Waals surface area contributed by atoms with E-state index < -0.39 is 0 Å². The van der Waals surface area contributed by atoms with E-state index in [1.165, 1.54) is 27.6 Å². The first-order valence-corrected chi connectivity index (χ1v) is 9.28. The second-order valence-corrected chi connectivity index (χ2v) is 6.74. The Hall–Kier alpha value is -3.04. The van der Waals surface area contributed by atoms with Gasteiger partial charge in [0.25, 0.3) is 0 Å². The van der Waals surface area contributed by atoms with Crippen molar-refractivity contribution in [2.75, 3.05) is 7.11 Å². The smallest absolute Gasteiger partial charge is 0.118 e. The fourth-order valence-corrected chi connectivity index (χ4v) is 3.46. The standard InChI is InChI=1S/C24H24N2O/c1-27-22-13-11-19(12-14-22)15-25-16-21-18-26(17-20-7-3-2-4-8-20)24-10-6-5-9-23(21)24/h2-14,18,25H,15-17H2,1H3. The number of nitrogens with one attached hydrogen (secondary N) is 1. The van der Waals surface area contributed by atoms with Crippen LogP contribution in [0, 0.1) is 0 Å². The summed E-state index contributed by atoms with van der Waals surface area (Å²) in [6.07, 6.45) is 2.28. The molecule has 1 N–H and O–H groups in total. The van der Waals surface area contributed by atoms with Crippen LogP contribution in [0.5, 0.6) is 5.75 Å². The lowest BCUT2D eigenvalue weighted by Gasteiger charge is -2.06. The predicted octanol–water partition coefficient (Wildman–Crippen LogP) is 4.99. The second kappa shape index (κ2) is 8.11. The normalized spacial score (nSPS) is 11.0. The van der Waals surface area contributed by atoms with Gasteiger partial charge in [-0.2, -0.15) is 0 Å². The van der Waals surface area contributed by atoms with Crippen molar-refractivity contribution in [3.8, 4) is 5.75 Å².